The van der Waals surface area contributed by atoms with Gasteiger partial charge in [-0.05, 0) is 74.4 Å². The number of carbonyl (C=O) groups is 2. The predicted molar refractivity (Wildman–Crippen MR) is 147 cm³/mol. The second-order valence-corrected chi connectivity index (χ2v) is 10.0. The number of hydrogen-bond acceptors (Lipinski definition) is 6. The summed E-state index contributed by atoms with van der Waals surface area (Å²) >= 11 is 0. The molecule has 0 aliphatic heterocycles. The van der Waals surface area contributed by atoms with E-state index in [4.69, 9.17) is 15.5 Å². The Balaban J connectivity index is 1.70. The van der Waals surface area contributed by atoms with E-state index >= 15 is 0 Å². The standard InChI is InChI=1S/C29H27FN6O3/c1-5-25-35-26-20(27(31)37)12-17(16-8-10-33-24(14-16)34-28(38)39-29(2,3)4)13-23(26)36(25)22-9-11-32-21-15-18(30)6-7-19(21)22/h6-15H,5H2,1-4H3,(H2,31,37)(H,33,34,38). The molecule has 0 spiro atoms. The Morgan fingerprint density at radius 3 is 2.51 bits per heavy atom. The maximum absolute atomic E-state index is 13.9. The van der Waals surface area contributed by atoms with Gasteiger partial charge in [0.25, 0.3) is 5.91 Å². The zero-order valence-corrected chi connectivity index (χ0v) is 21.9. The predicted octanol–water partition coefficient (Wildman–Crippen LogP) is 5.78. The molecule has 9 nitrogen and oxygen atoms in total. The first kappa shape index (κ1) is 25.8. The minimum absolute atomic E-state index is 0.249. The quantitative estimate of drug-likeness (QED) is 0.299. The molecule has 0 fully saturated rings. The molecule has 0 bridgehead atoms. The number of nitrogens with one attached hydrogen (secondary N) is 1. The number of benzene rings is 2. The fourth-order valence-electron chi connectivity index (χ4n) is 4.47. The third kappa shape index (κ3) is 5.13. The number of aromatic nitrogens is 4. The van der Waals surface area contributed by atoms with E-state index in [0.29, 0.717) is 39.9 Å². The molecule has 2 aromatic carbocycles. The lowest BCUT2D eigenvalue weighted by Gasteiger charge is -2.19. The number of halogens is 1. The number of carbonyl (C=O) groups excluding carboxylic acids is 2. The topological polar surface area (TPSA) is 125 Å². The summed E-state index contributed by atoms with van der Waals surface area (Å²) in [4.78, 5) is 38.2. The molecule has 0 radical (unpaired) electrons. The van der Waals surface area contributed by atoms with Gasteiger partial charge in [-0.25, -0.2) is 19.2 Å². The third-order valence-electron chi connectivity index (χ3n) is 6.06. The van der Waals surface area contributed by atoms with Crippen LogP contribution in [0.1, 0.15) is 43.9 Å². The molecule has 3 N–H and O–H groups in total. The van der Waals surface area contributed by atoms with Crippen LogP contribution in [0.3, 0.4) is 0 Å². The van der Waals surface area contributed by atoms with Crippen molar-refractivity contribution in [3.63, 3.8) is 0 Å². The highest BCUT2D eigenvalue weighted by Gasteiger charge is 2.21. The van der Waals surface area contributed by atoms with Crippen LogP contribution in [-0.4, -0.2) is 37.1 Å². The van der Waals surface area contributed by atoms with Crippen LogP contribution in [-0.2, 0) is 11.2 Å². The van der Waals surface area contributed by atoms with E-state index in [1.165, 1.54) is 12.1 Å². The number of hydrogen-bond donors (Lipinski definition) is 2. The van der Waals surface area contributed by atoms with E-state index in [2.05, 4.69) is 15.3 Å². The van der Waals surface area contributed by atoms with Gasteiger partial charge in [0.15, 0.2) is 0 Å². The number of primary amides is 1. The van der Waals surface area contributed by atoms with Gasteiger partial charge in [0.2, 0.25) is 0 Å². The number of rotatable bonds is 5. The molecule has 0 atom stereocenters. The zero-order valence-electron chi connectivity index (χ0n) is 21.9. The number of amides is 2. The zero-order chi connectivity index (χ0) is 27.9. The van der Waals surface area contributed by atoms with Gasteiger partial charge in [-0.15, -0.1) is 0 Å². The molecule has 0 aliphatic rings. The van der Waals surface area contributed by atoms with Crippen molar-refractivity contribution in [3.05, 3.63) is 78.1 Å². The normalized spacial score (nSPS) is 11.6. The first-order valence-corrected chi connectivity index (χ1v) is 12.4. The first-order chi connectivity index (χ1) is 18.5. The number of anilines is 1. The summed E-state index contributed by atoms with van der Waals surface area (Å²) < 4.78 is 21.2. The third-order valence-corrected chi connectivity index (χ3v) is 6.06. The largest absolute Gasteiger partial charge is 0.444 e. The van der Waals surface area contributed by atoms with Crippen LogP contribution >= 0.6 is 0 Å². The van der Waals surface area contributed by atoms with Crippen LogP contribution in [0.25, 0.3) is 38.8 Å². The Hall–Kier alpha value is -4.86. The molecule has 0 unspecified atom stereocenters. The Morgan fingerprint density at radius 2 is 1.79 bits per heavy atom. The summed E-state index contributed by atoms with van der Waals surface area (Å²) in [6, 6.07) is 13.3. The number of imidazole rings is 1. The molecular formula is C29H27FN6O3. The van der Waals surface area contributed by atoms with Crippen molar-refractivity contribution >= 4 is 39.8 Å². The smallest absolute Gasteiger partial charge is 0.413 e. The van der Waals surface area contributed by atoms with Crippen molar-refractivity contribution in [1.82, 2.24) is 19.5 Å². The van der Waals surface area contributed by atoms with Crippen LogP contribution in [0.4, 0.5) is 15.0 Å². The van der Waals surface area contributed by atoms with Crippen LogP contribution in [0.15, 0.2) is 60.9 Å². The van der Waals surface area contributed by atoms with Crippen LogP contribution in [0.5, 0.6) is 0 Å². The molecule has 39 heavy (non-hydrogen) atoms. The molecule has 5 aromatic rings. The van der Waals surface area contributed by atoms with E-state index in [0.717, 1.165) is 11.1 Å². The van der Waals surface area contributed by atoms with Gasteiger partial charge in [-0.2, -0.15) is 0 Å². The molecule has 10 heteroatoms. The monoisotopic (exact) mass is 526 g/mol. The average molecular weight is 527 g/mol. The molecule has 5 rings (SSSR count). The molecule has 2 amide bonds. The summed E-state index contributed by atoms with van der Waals surface area (Å²) in [5.74, 6) is -0.0297. The summed E-state index contributed by atoms with van der Waals surface area (Å²) in [5, 5.41) is 3.37. The Morgan fingerprint density at radius 1 is 1.03 bits per heavy atom. The van der Waals surface area contributed by atoms with Crippen molar-refractivity contribution in [2.75, 3.05) is 5.32 Å². The molecule has 0 aliphatic carbocycles. The Kier molecular flexibility index (Phi) is 6.47. The summed E-state index contributed by atoms with van der Waals surface area (Å²) in [6.07, 6.45) is 3.09. The highest BCUT2D eigenvalue weighted by atomic mass is 19.1. The van der Waals surface area contributed by atoms with Crippen LogP contribution in [0.2, 0.25) is 0 Å². The number of pyridine rings is 2. The minimum Gasteiger partial charge on any atom is -0.444 e. The molecule has 3 aromatic heterocycles. The van der Waals surface area contributed by atoms with Crippen molar-refractivity contribution in [3.8, 4) is 16.8 Å². The second kappa shape index (κ2) is 9.79. The number of ether oxygens (including phenoxy) is 1. The molecule has 198 valence electrons. The van der Waals surface area contributed by atoms with Gasteiger partial charge < -0.3 is 10.5 Å². The molecule has 0 saturated heterocycles. The fourth-order valence-corrected chi connectivity index (χ4v) is 4.47. The van der Waals surface area contributed by atoms with Crippen LogP contribution in [0, 0.1) is 5.82 Å². The molecule has 3 heterocycles. The number of nitrogens with zero attached hydrogens (tertiary/aromatic N) is 4. The molecular weight excluding hydrogens is 499 g/mol. The summed E-state index contributed by atoms with van der Waals surface area (Å²) in [6.45, 7) is 7.27. The lowest BCUT2D eigenvalue weighted by atomic mass is 10.0. The maximum atomic E-state index is 13.9. The molecule has 0 saturated carbocycles. The van der Waals surface area contributed by atoms with E-state index < -0.39 is 17.6 Å². The number of aryl methyl sites for hydroxylation is 1. The van der Waals surface area contributed by atoms with Crippen molar-refractivity contribution in [2.24, 2.45) is 5.73 Å². The number of nitrogens with two attached hydrogens (primary N) is 1. The number of fused-ring (bicyclic) bond motifs is 2. The average Bonchev–Trinajstić information content (AvgIpc) is 3.24. The van der Waals surface area contributed by atoms with Gasteiger partial charge in [0.1, 0.15) is 28.6 Å². The highest BCUT2D eigenvalue weighted by molar-refractivity contribution is 6.07. The first-order valence-electron chi connectivity index (χ1n) is 12.4. The van der Waals surface area contributed by atoms with Crippen molar-refractivity contribution in [2.45, 2.75) is 39.7 Å². The maximum Gasteiger partial charge on any atom is 0.413 e. The van der Waals surface area contributed by atoms with E-state index in [1.54, 1.807) is 57.4 Å². The Bertz CT molecular complexity index is 1760. The van der Waals surface area contributed by atoms with E-state index in [1.807, 2.05) is 23.6 Å². The lowest BCUT2D eigenvalue weighted by molar-refractivity contribution is 0.0635. The van der Waals surface area contributed by atoms with Gasteiger partial charge in [0.05, 0.1) is 22.3 Å². The van der Waals surface area contributed by atoms with Gasteiger partial charge in [-0.3, -0.25) is 19.7 Å². The van der Waals surface area contributed by atoms with E-state index in [9.17, 15) is 14.0 Å². The van der Waals surface area contributed by atoms with Crippen molar-refractivity contribution < 1.29 is 18.7 Å². The van der Waals surface area contributed by atoms with Gasteiger partial charge >= 0.3 is 6.09 Å². The second-order valence-electron chi connectivity index (χ2n) is 10.0. The fraction of sp³-hybridized carbons (Fsp3) is 0.207. The van der Waals surface area contributed by atoms with Crippen LogP contribution < -0.4 is 11.1 Å². The van der Waals surface area contributed by atoms with Crippen molar-refractivity contribution in [1.29, 1.82) is 0 Å². The summed E-state index contributed by atoms with van der Waals surface area (Å²) in [7, 11) is 0. The Labute approximate surface area is 223 Å². The van der Waals surface area contributed by atoms with Gasteiger partial charge in [-0.1, -0.05) is 6.92 Å². The van der Waals surface area contributed by atoms with E-state index in [-0.39, 0.29) is 17.2 Å². The SMILES string of the molecule is CCc1nc2c(C(N)=O)cc(-c3ccnc(NC(=O)OC(C)(C)C)c3)cc2n1-c1ccnc2cc(F)ccc12. The highest BCUT2D eigenvalue weighted by Crippen LogP contribution is 2.33. The minimum atomic E-state index is -0.665. The lowest BCUT2D eigenvalue weighted by Crippen LogP contribution is -2.27. The summed E-state index contributed by atoms with van der Waals surface area (Å²) in [5.41, 5.74) is 9.08. The van der Waals surface area contributed by atoms with Gasteiger partial charge in [0, 0.05) is 30.3 Å².